The zero-order valence-corrected chi connectivity index (χ0v) is 13.8. The summed E-state index contributed by atoms with van der Waals surface area (Å²) in [7, 11) is 1.51. The quantitative estimate of drug-likeness (QED) is 0.726. The van der Waals surface area contributed by atoms with Gasteiger partial charge < -0.3 is 4.90 Å². The molecule has 0 N–H and O–H groups in total. The number of carbonyl (C=O) groups excluding carboxylic acids is 2. The van der Waals surface area contributed by atoms with E-state index in [0.29, 0.717) is 12.8 Å². The Labute approximate surface area is 142 Å². The Morgan fingerprint density at radius 3 is 2.32 bits per heavy atom. The largest absolute Gasteiger partial charge is 0.418 e. The van der Waals surface area contributed by atoms with Crippen LogP contribution in [-0.4, -0.2) is 29.4 Å². The molecule has 0 bridgehead atoms. The van der Waals surface area contributed by atoms with Gasteiger partial charge in [-0.2, -0.15) is 18.4 Å². The second kappa shape index (κ2) is 5.48. The van der Waals surface area contributed by atoms with Gasteiger partial charge in [0.05, 0.1) is 22.9 Å². The fourth-order valence-electron chi connectivity index (χ4n) is 3.89. The number of likely N-dealkylation sites (N-methyl/N-ethyl adjacent to an activating group) is 1. The molecule has 1 saturated carbocycles. The molecule has 1 aromatic carbocycles. The number of hydrogen-bond donors (Lipinski definition) is 0. The number of alkyl halides is 3. The lowest BCUT2D eigenvalue weighted by Crippen LogP contribution is -2.45. The van der Waals surface area contributed by atoms with Crippen LogP contribution in [0.1, 0.15) is 42.4 Å². The molecule has 0 atom stereocenters. The summed E-state index contributed by atoms with van der Waals surface area (Å²) in [6.45, 7) is 1.18. The second-order valence-electron chi connectivity index (χ2n) is 6.46. The lowest BCUT2D eigenvalue weighted by molar-refractivity contribution is -0.138. The third kappa shape index (κ3) is 2.29. The van der Waals surface area contributed by atoms with E-state index in [1.54, 1.807) is 0 Å². The van der Waals surface area contributed by atoms with Gasteiger partial charge in [0.1, 0.15) is 5.54 Å². The average molecular weight is 351 g/mol. The predicted octanol–water partition coefficient (Wildman–Crippen LogP) is 3.60. The highest BCUT2D eigenvalue weighted by Gasteiger charge is 2.57. The molecule has 132 valence electrons. The SMILES string of the molecule is Cc1c(N2C(=O)N(C)C3(CCCC3)C2=O)ccc(C#N)c1C(F)(F)F. The molecule has 3 amide bonds. The van der Waals surface area contributed by atoms with E-state index in [9.17, 15) is 22.8 Å². The highest BCUT2D eigenvalue weighted by molar-refractivity contribution is 6.23. The lowest BCUT2D eigenvalue weighted by atomic mass is 9.95. The minimum absolute atomic E-state index is 0.114. The molecule has 2 aliphatic rings. The number of amides is 3. The van der Waals surface area contributed by atoms with E-state index in [1.807, 2.05) is 0 Å². The zero-order chi connectivity index (χ0) is 18.6. The van der Waals surface area contributed by atoms with Crippen LogP contribution in [0.25, 0.3) is 0 Å². The Kier molecular flexibility index (Phi) is 3.78. The van der Waals surface area contributed by atoms with Gasteiger partial charge in [0.25, 0.3) is 5.91 Å². The maximum Gasteiger partial charge on any atom is 0.418 e. The van der Waals surface area contributed by atoms with Crippen molar-refractivity contribution >= 4 is 17.6 Å². The Morgan fingerprint density at radius 1 is 1.20 bits per heavy atom. The van der Waals surface area contributed by atoms with Gasteiger partial charge in [-0.25, -0.2) is 9.69 Å². The van der Waals surface area contributed by atoms with Crippen molar-refractivity contribution in [3.8, 4) is 6.07 Å². The van der Waals surface area contributed by atoms with Crippen molar-refractivity contribution < 1.29 is 22.8 Å². The third-order valence-electron chi connectivity index (χ3n) is 5.23. The molecule has 0 aromatic heterocycles. The molecule has 1 aliphatic carbocycles. The van der Waals surface area contributed by atoms with Crippen LogP contribution in [0.3, 0.4) is 0 Å². The Hall–Kier alpha value is -2.56. The van der Waals surface area contributed by atoms with Crippen LogP contribution in [0.4, 0.5) is 23.7 Å². The maximum absolute atomic E-state index is 13.4. The minimum atomic E-state index is -4.76. The van der Waals surface area contributed by atoms with Crippen LogP contribution in [-0.2, 0) is 11.0 Å². The van der Waals surface area contributed by atoms with Crippen molar-refractivity contribution in [3.05, 3.63) is 28.8 Å². The molecular weight excluding hydrogens is 335 g/mol. The fraction of sp³-hybridized carbons (Fsp3) is 0.471. The molecule has 25 heavy (non-hydrogen) atoms. The number of carbonyl (C=O) groups is 2. The fourth-order valence-corrected chi connectivity index (χ4v) is 3.89. The lowest BCUT2D eigenvalue weighted by Gasteiger charge is -2.27. The molecule has 1 aromatic rings. The number of hydrogen-bond acceptors (Lipinski definition) is 3. The Morgan fingerprint density at radius 2 is 1.80 bits per heavy atom. The number of urea groups is 1. The van der Waals surface area contributed by atoms with Crippen molar-refractivity contribution in [2.45, 2.75) is 44.3 Å². The number of imide groups is 1. The predicted molar refractivity (Wildman–Crippen MR) is 82.7 cm³/mol. The average Bonchev–Trinajstić information content (AvgIpc) is 3.10. The zero-order valence-electron chi connectivity index (χ0n) is 13.8. The van der Waals surface area contributed by atoms with Crippen LogP contribution in [0.5, 0.6) is 0 Å². The van der Waals surface area contributed by atoms with E-state index >= 15 is 0 Å². The van der Waals surface area contributed by atoms with Crippen molar-refractivity contribution in [2.75, 3.05) is 11.9 Å². The summed E-state index contributed by atoms with van der Waals surface area (Å²) in [5.74, 6) is -0.488. The first-order valence-electron chi connectivity index (χ1n) is 7.88. The van der Waals surface area contributed by atoms with Crippen LogP contribution >= 0.6 is 0 Å². The van der Waals surface area contributed by atoms with Crippen molar-refractivity contribution in [3.63, 3.8) is 0 Å². The maximum atomic E-state index is 13.4. The normalized spacial score (nSPS) is 19.8. The summed E-state index contributed by atoms with van der Waals surface area (Å²) in [5, 5.41) is 8.97. The van der Waals surface area contributed by atoms with Crippen LogP contribution in [0.2, 0.25) is 0 Å². The monoisotopic (exact) mass is 351 g/mol. The van der Waals surface area contributed by atoms with E-state index in [0.717, 1.165) is 23.8 Å². The van der Waals surface area contributed by atoms with Gasteiger partial charge >= 0.3 is 12.2 Å². The molecule has 1 saturated heterocycles. The van der Waals surface area contributed by atoms with E-state index in [4.69, 9.17) is 5.26 Å². The molecular formula is C17H16F3N3O2. The Bertz CT molecular complexity index is 805. The molecule has 2 fully saturated rings. The summed E-state index contributed by atoms with van der Waals surface area (Å²) >= 11 is 0. The highest BCUT2D eigenvalue weighted by Crippen LogP contribution is 2.45. The number of nitrogens with zero attached hydrogens (tertiary/aromatic N) is 3. The number of rotatable bonds is 1. The van der Waals surface area contributed by atoms with Gasteiger partial charge in [0.2, 0.25) is 0 Å². The van der Waals surface area contributed by atoms with Gasteiger partial charge in [0, 0.05) is 7.05 Å². The standard InChI is InChI=1S/C17H16F3N3O2/c1-10-12(6-5-11(9-21)13(10)17(18,19)20)23-14(24)16(7-3-4-8-16)22(2)15(23)25/h5-6H,3-4,7-8H2,1-2H3. The van der Waals surface area contributed by atoms with E-state index < -0.39 is 34.8 Å². The van der Waals surface area contributed by atoms with Crippen molar-refractivity contribution in [1.82, 2.24) is 4.90 Å². The smallest absolute Gasteiger partial charge is 0.312 e. The van der Waals surface area contributed by atoms with Crippen LogP contribution in [0, 0.1) is 18.3 Å². The summed E-state index contributed by atoms with van der Waals surface area (Å²) in [5.41, 5.74) is -3.01. The van der Waals surface area contributed by atoms with Gasteiger partial charge in [-0.1, -0.05) is 12.8 Å². The molecule has 1 heterocycles. The number of nitriles is 1. The summed E-state index contributed by atoms with van der Waals surface area (Å²) in [6.07, 6.45) is -2.17. The molecule has 0 radical (unpaired) electrons. The van der Waals surface area contributed by atoms with Gasteiger partial charge in [-0.05, 0) is 37.5 Å². The summed E-state index contributed by atoms with van der Waals surface area (Å²) in [4.78, 5) is 27.7. The van der Waals surface area contributed by atoms with E-state index in [2.05, 4.69) is 0 Å². The first-order valence-corrected chi connectivity index (χ1v) is 7.88. The first kappa shape index (κ1) is 17.3. The first-order chi connectivity index (χ1) is 11.6. The number of anilines is 1. The molecule has 5 nitrogen and oxygen atoms in total. The van der Waals surface area contributed by atoms with Gasteiger partial charge in [-0.15, -0.1) is 0 Å². The van der Waals surface area contributed by atoms with E-state index in [-0.39, 0.29) is 11.3 Å². The Balaban J connectivity index is 2.16. The molecule has 1 spiro atoms. The number of halogens is 3. The topological polar surface area (TPSA) is 64.4 Å². The second-order valence-corrected chi connectivity index (χ2v) is 6.46. The summed E-state index contributed by atoms with van der Waals surface area (Å²) in [6, 6.07) is 3.13. The number of benzene rings is 1. The van der Waals surface area contributed by atoms with Crippen LogP contribution in [0.15, 0.2) is 12.1 Å². The van der Waals surface area contributed by atoms with Crippen molar-refractivity contribution in [1.29, 1.82) is 5.26 Å². The third-order valence-corrected chi connectivity index (χ3v) is 5.23. The van der Waals surface area contributed by atoms with Crippen molar-refractivity contribution in [2.24, 2.45) is 0 Å². The van der Waals surface area contributed by atoms with Gasteiger partial charge in [-0.3, -0.25) is 4.79 Å². The van der Waals surface area contributed by atoms with Gasteiger partial charge in [0.15, 0.2) is 0 Å². The molecule has 1 aliphatic heterocycles. The van der Waals surface area contributed by atoms with Crippen LogP contribution < -0.4 is 4.90 Å². The van der Waals surface area contributed by atoms with E-state index in [1.165, 1.54) is 31.0 Å². The molecule has 8 heteroatoms. The molecule has 0 unspecified atom stereocenters. The highest BCUT2D eigenvalue weighted by atomic mass is 19.4. The minimum Gasteiger partial charge on any atom is -0.312 e. The summed E-state index contributed by atoms with van der Waals surface area (Å²) < 4.78 is 40.1. The molecule has 3 rings (SSSR count).